The molecule has 0 radical (unpaired) electrons. The SMILES string of the molecule is CC1c2nnc(C3CCCC3)n2CCN1C(=O)/C=C/c1cncc(O)c1. The van der Waals surface area contributed by atoms with Crippen molar-refractivity contribution in [3.05, 3.63) is 41.7 Å². The van der Waals surface area contributed by atoms with Crippen molar-refractivity contribution in [2.24, 2.45) is 0 Å². The number of hydrogen-bond acceptors (Lipinski definition) is 5. The maximum absolute atomic E-state index is 12.6. The van der Waals surface area contributed by atoms with Gasteiger partial charge in [0.1, 0.15) is 11.6 Å². The predicted molar refractivity (Wildman–Crippen MR) is 96.3 cm³/mol. The lowest BCUT2D eigenvalue weighted by Crippen LogP contribution is -2.40. The van der Waals surface area contributed by atoms with E-state index >= 15 is 0 Å². The van der Waals surface area contributed by atoms with Gasteiger partial charge >= 0.3 is 0 Å². The molecular formula is C19H23N5O2. The van der Waals surface area contributed by atoms with Crippen LogP contribution in [0.25, 0.3) is 6.08 Å². The number of hydrogen-bond donors (Lipinski definition) is 1. The normalized spacial score (nSPS) is 20.7. The summed E-state index contributed by atoms with van der Waals surface area (Å²) in [4.78, 5) is 18.4. The fourth-order valence-electron chi connectivity index (χ4n) is 3.99. The Bertz CT molecular complexity index is 838. The van der Waals surface area contributed by atoms with E-state index in [9.17, 15) is 9.90 Å². The Balaban J connectivity index is 1.50. The highest BCUT2D eigenvalue weighted by Crippen LogP contribution is 2.35. The Morgan fingerprint density at radius 2 is 1.96 bits per heavy atom. The van der Waals surface area contributed by atoms with Crippen LogP contribution in [0.15, 0.2) is 24.5 Å². The molecule has 2 aromatic heterocycles. The first-order chi connectivity index (χ1) is 12.6. The Kier molecular flexibility index (Phi) is 4.44. The van der Waals surface area contributed by atoms with Crippen LogP contribution in [0.2, 0.25) is 0 Å². The topological polar surface area (TPSA) is 84.1 Å². The highest BCUT2D eigenvalue weighted by molar-refractivity contribution is 5.92. The third-order valence-corrected chi connectivity index (χ3v) is 5.38. The molecule has 0 bridgehead atoms. The Morgan fingerprint density at radius 3 is 2.73 bits per heavy atom. The monoisotopic (exact) mass is 353 g/mol. The summed E-state index contributed by atoms with van der Waals surface area (Å²) in [6.07, 6.45) is 11.1. The molecule has 136 valence electrons. The first-order valence-corrected chi connectivity index (χ1v) is 9.19. The Morgan fingerprint density at radius 1 is 1.19 bits per heavy atom. The highest BCUT2D eigenvalue weighted by atomic mass is 16.3. The summed E-state index contributed by atoms with van der Waals surface area (Å²) in [6, 6.07) is 1.46. The van der Waals surface area contributed by atoms with Crippen LogP contribution in [-0.4, -0.2) is 42.2 Å². The van der Waals surface area contributed by atoms with Gasteiger partial charge < -0.3 is 14.6 Å². The van der Waals surface area contributed by atoms with Crippen molar-refractivity contribution in [3.8, 4) is 5.75 Å². The third kappa shape index (κ3) is 3.09. The van der Waals surface area contributed by atoms with Gasteiger partial charge in [0, 0.05) is 31.3 Å². The second kappa shape index (κ2) is 6.90. The molecule has 1 amide bonds. The summed E-state index contributed by atoms with van der Waals surface area (Å²) in [6.45, 7) is 3.39. The Hall–Kier alpha value is -2.70. The summed E-state index contributed by atoms with van der Waals surface area (Å²) in [5, 5.41) is 18.3. The minimum atomic E-state index is -0.106. The second-order valence-electron chi connectivity index (χ2n) is 7.07. The van der Waals surface area contributed by atoms with Crippen LogP contribution in [0.1, 0.15) is 61.8 Å². The molecule has 0 saturated heterocycles. The van der Waals surface area contributed by atoms with E-state index in [-0.39, 0.29) is 17.7 Å². The van der Waals surface area contributed by atoms with Gasteiger partial charge in [-0.25, -0.2) is 0 Å². The number of rotatable bonds is 3. The minimum absolute atomic E-state index is 0.0718. The summed E-state index contributed by atoms with van der Waals surface area (Å²) < 4.78 is 2.22. The summed E-state index contributed by atoms with van der Waals surface area (Å²) in [7, 11) is 0. The van der Waals surface area contributed by atoms with Crippen LogP contribution in [0.4, 0.5) is 0 Å². The maximum atomic E-state index is 12.6. The quantitative estimate of drug-likeness (QED) is 0.858. The van der Waals surface area contributed by atoms with Gasteiger partial charge in [-0.05, 0) is 37.5 Å². The van der Waals surface area contributed by atoms with Crippen LogP contribution in [-0.2, 0) is 11.3 Å². The Labute approximate surface area is 152 Å². The average Bonchev–Trinajstić information content (AvgIpc) is 3.29. The molecule has 2 aromatic rings. The van der Waals surface area contributed by atoms with E-state index in [0.29, 0.717) is 18.0 Å². The zero-order valence-corrected chi connectivity index (χ0v) is 14.9. The van der Waals surface area contributed by atoms with Gasteiger partial charge in [-0.15, -0.1) is 10.2 Å². The molecule has 3 heterocycles. The molecule has 7 nitrogen and oxygen atoms in total. The zero-order chi connectivity index (χ0) is 18.1. The fourth-order valence-corrected chi connectivity index (χ4v) is 3.99. The van der Waals surface area contributed by atoms with Crippen molar-refractivity contribution < 1.29 is 9.90 Å². The van der Waals surface area contributed by atoms with Crippen molar-refractivity contribution in [2.45, 2.75) is 51.1 Å². The third-order valence-electron chi connectivity index (χ3n) is 5.38. The maximum Gasteiger partial charge on any atom is 0.247 e. The molecule has 4 rings (SSSR count). The summed E-state index contributed by atoms with van der Waals surface area (Å²) >= 11 is 0. The largest absolute Gasteiger partial charge is 0.506 e. The number of aromatic hydroxyl groups is 1. The van der Waals surface area contributed by atoms with Gasteiger partial charge in [-0.2, -0.15) is 0 Å². The van der Waals surface area contributed by atoms with Gasteiger partial charge in [0.05, 0.1) is 12.2 Å². The molecule has 0 spiro atoms. The molecule has 1 unspecified atom stereocenters. The smallest absolute Gasteiger partial charge is 0.247 e. The van der Waals surface area contributed by atoms with Gasteiger partial charge in [-0.1, -0.05) is 12.8 Å². The van der Waals surface area contributed by atoms with E-state index in [1.807, 2.05) is 11.8 Å². The van der Waals surface area contributed by atoms with Crippen LogP contribution in [0, 0.1) is 0 Å². The number of carbonyl (C=O) groups is 1. The molecule has 0 aromatic carbocycles. The van der Waals surface area contributed by atoms with E-state index in [1.54, 1.807) is 18.3 Å². The van der Waals surface area contributed by atoms with E-state index in [2.05, 4.69) is 19.7 Å². The van der Waals surface area contributed by atoms with Crippen molar-refractivity contribution >= 4 is 12.0 Å². The molecule has 2 aliphatic rings. The van der Waals surface area contributed by atoms with E-state index in [4.69, 9.17) is 0 Å². The second-order valence-corrected chi connectivity index (χ2v) is 7.07. The van der Waals surface area contributed by atoms with Gasteiger partial charge in [0.2, 0.25) is 5.91 Å². The number of aromatic nitrogens is 4. The van der Waals surface area contributed by atoms with Gasteiger partial charge in [0.15, 0.2) is 5.82 Å². The first kappa shape index (κ1) is 16.8. The van der Waals surface area contributed by atoms with Crippen LogP contribution in [0.3, 0.4) is 0 Å². The average molecular weight is 353 g/mol. The molecule has 1 atom stereocenters. The number of carbonyl (C=O) groups excluding carboxylic acids is 1. The van der Waals surface area contributed by atoms with E-state index in [0.717, 1.165) is 18.2 Å². The van der Waals surface area contributed by atoms with Crippen molar-refractivity contribution in [2.75, 3.05) is 6.54 Å². The van der Waals surface area contributed by atoms with E-state index in [1.165, 1.54) is 38.0 Å². The predicted octanol–water partition coefficient (Wildman–Crippen LogP) is 2.65. The molecular weight excluding hydrogens is 330 g/mol. The number of nitrogens with zero attached hydrogens (tertiary/aromatic N) is 5. The molecule has 7 heteroatoms. The first-order valence-electron chi connectivity index (χ1n) is 9.19. The minimum Gasteiger partial charge on any atom is -0.506 e. The van der Waals surface area contributed by atoms with Gasteiger partial charge in [-0.3, -0.25) is 9.78 Å². The van der Waals surface area contributed by atoms with Crippen LogP contribution < -0.4 is 0 Å². The number of amides is 1. The van der Waals surface area contributed by atoms with Crippen molar-refractivity contribution in [1.82, 2.24) is 24.6 Å². The standard InChI is InChI=1S/C19H23N5O2/c1-13-18-21-22-19(15-4-2-3-5-15)24(18)9-8-23(13)17(26)7-6-14-10-16(25)12-20-11-14/h6-7,10-13,15,25H,2-5,8-9H2,1H3/b7-6+. The summed E-state index contributed by atoms with van der Waals surface area (Å²) in [5.74, 6) is 2.50. The number of pyridine rings is 1. The molecule has 1 saturated carbocycles. The lowest BCUT2D eigenvalue weighted by Gasteiger charge is -2.33. The van der Waals surface area contributed by atoms with Crippen LogP contribution >= 0.6 is 0 Å². The molecule has 26 heavy (non-hydrogen) atoms. The summed E-state index contributed by atoms with van der Waals surface area (Å²) in [5.41, 5.74) is 0.690. The van der Waals surface area contributed by atoms with E-state index < -0.39 is 0 Å². The van der Waals surface area contributed by atoms with Crippen molar-refractivity contribution in [1.29, 1.82) is 0 Å². The zero-order valence-electron chi connectivity index (χ0n) is 14.9. The molecule has 1 fully saturated rings. The van der Waals surface area contributed by atoms with Crippen LogP contribution in [0.5, 0.6) is 5.75 Å². The lowest BCUT2D eigenvalue weighted by atomic mass is 10.1. The molecule has 1 aliphatic carbocycles. The highest BCUT2D eigenvalue weighted by Gasteiger charge is 2.32. The molecule has 1 aliphatic heterocycles. The number of fused-ring (bicyclic) bond motifs is 1. The fraction of sp³-hybridized carbons (Fsp3) is 0.474. The lowest BCUT2D eigenvalue weighted by molar-refractivity contribution is -0.129. The van der Waals surface area contributed by atoms with Gasteiger partial charge in [0.25, 0.3) is 0 Å². The molecule has 1 N–H and O–H groups in total. The van der Waals surface area contributed by atoms with Crippen molar-refractivity contribution in [3.63, 3.8) is 0 Å².